The molecule has 12 nitrogen and oxygen atoms in total. The molecule has 0 radical (unpaired) electrons. The van der Waals surface area contributed by atoms with Crippen LogP contribution in [0.3, 0.4) is 0 Å². The molecule has 0 saturated heterocycles. The first kappa shape index (κ1) is 27.6. The number of benzene rings is 1. The molecule has 0 aliphatic heterocycles. The minimum Gasteiger partial charge on any atom is -0.476 e. The van der Waals surface area contributed by atoms with E-state index in [1.165, 1.54) is 14.0 Å². The quantitative estimate of drug-likeness (QED) is 0.139. The Labute approximate surface area is 221 Å². The highest BCUT2D eigenvalue weighted by Crippen LogP contribution is 2.46. The van der Waals surface area contributed by atoms with Crippen LogP contribution in [0.4, 0.5) is 5.95 Å². The molecule has 204 valence electrons. The van der Waals surface area contributed by atoms with Crippen LogP contribution in [0.5, 0.6) is 11.6 Å². The zero-order chi connectivity index (χ0) is 27.1. The number of hydrogen-bond donors (Lipinski definition) is 2. The second-order valence-corrected chi connectivity index (χ2v) is 10.6. The summed E-state index contributed by atoms with van der Waals surface area (Å²) in [6.45, 7) is 4.22. The van der Waals surface area contributed by atoms with Gasteiger partial charge < -0.3 is 24.3 Å². The Morgan fingerprint density at radius 3 is 2.79 bits per heavy atom. The number of aromatic nitrogens is 4. The van der Waals surface area contributed by atoms with Crippen molar-refractivity contribution in [2.75, 3.05) is 26.1 Å². The Morgan fingerprint density at radius 1 is 1.26 bits per heavy atom. The largest absolute Gasteiger partial charge is 0.476 e. The van der Waals surface area contributed by atoms with Gasteiger partial charge in [0.1, 0.15) is 11.8 Å². The van der Waals surface area contributed by atoms with Gasteiger partial charge in [-0.3, -0.25) is 9.32 Å². The van der Waals surface area contributed by atoms with Crippen molar-refractivity contribution in [3.63, 3.8) is 0 Å². The summed E-state index contributed by atoms with van der Waals surface area (Å²) in [6.07, 6.45) is 8.21. The van der Waals surface area contributed by atoms with E-state index < -0.39 is 19.8 Å². The standard InChI is InChI=1S/C25H33N6O6P/c1-4-5-13-35-23-21-22(28-25(26)29-23)31(16-27-21)19-12-11-18(14-19)15-36-38(33,30-17(2)24(32)34-3)37-20-9-7-6-8-10-20/h6-12,16-19H,4-5,13-15H2,1-3H3,(H,30,33)(H2,26,28,29)/t17?,18-,19+,38?/m1/s1. The number of carbonyl (C=O) groups is 1. The molecule has 0 amide bonds. The van der Waals surface area contributed by atoms with Gasteiger partial charge in [0.2, 0.25) is 11.8 Å². The van der Waals surface area contributed by atoms with Crippen LogP contribution < -0.4 is 20.1 Å². The van der Waals surface area contributed by atoms with Gasteiger partial charge in [0, 0.05) is 5.92 Å². The summed E-state index contributed by atoms with van der Waals surface area (Å²) in [7, 11) is -2.66. The lowest BCUT2D eigenvalue weighted by atomic mass is 10.1. The summed E-state index contributed by atoms with van der Waals surface area (Å²) in [4.78, 5) is 25.0. The number of hydrogen-bond acceptors (Lipinski definition) is 10. The van der Waals surface area contributed by atoms with Gasteiger partial charge in [-0.25, -0.2) is 9.55 Å². The van der Waals surface area contributed by atoms with E-state index in [4.69, 9.17) is 24.3 Å². The highest BCUT2D eigenvalue weighted by molar-refractivity contribution is 7.52. The molecule has 1 aliphatic rings. The van der Waals surface area contributed by atoms with Gasteiger partial charge >= 0.3 is 13.7 Å². The van der Waals surface area contributed by atoms with Gasteiger partial charge in [-0.05, 0) is 31.9 Å². The lowest BCUT2D eigenvalue weighted by molar-refractivity contribution is -0.142. The number of unbranched alkanes of at least 4 members (excludes halogenated alkanes) is 1. The molecule has 0 spiro atoms. The Balaban J connectivity index is 1.45. The highest BCUT2D eigenvalue weighted by Gasteiger charge is 2.34. The predicted octanol–water partition coefficient (Wildman–Crippen LogP) is 4.06. The van der Waals surface area contributed by atoms with Gasteiger partial charge in [-0.2, -0.15) is 15.1 Å². The second-order valence-electron chi connectivity index (χ2n) is 8.93. The Kier molecular flexibility index (Phi) is 8.98. The van der Waals surface area contributed by atoms with Crippen molar-refractivity contribution in [1.29, 1.82) is 0 Å². The normalized spacial score (nSPS) is 19.2. The first-order valence-corrected chi connectivity index (χ1v) is 14.0. The maximum atomic E-state index is 13.6. The van der Waals surface area contributed by atoms with Gasteiger partial charge in [-0.15, -0.1) is 0 Å². The molecular formula is C25H33N6O6P. The maximum absolute atomic E-state index is 13.6. The molecule has 3 aromatic rings. The van der Waals surface area contributed by atoms with Gasteiger partial charge in [0.15, 0.2) is 11.2 Å². The van der Waals surface area contributed by atoms with E-state index in [0.717, 1.165) is 12.8 Å². The van der Waals surface area contributed by atoms with Crippen molar-refractivity contribution in [2.24, 2.45) is 5.92 Å². The third-order valence-corrected chi connectivity index (χ3v) is 7.63. The number of carbonyl (C=O) groups excluding carboxylic acids is 1. The molecule has 13 heteroatoms. The van der Waals surface area contributed by atoms with Crippen molar-refractivity contribution in [3.05, 3.63) is 48.8 Å². The fourth-order valence-corrected chi connectivity index (χ4v) is 5.56. The van der Waals surface area contributed by atoms with Crippen LogP contribution in [0.1, 0.15) is 39.2 Å². The summed E-state index contributed by atoms with van der Waals surface area (Å²) in [5.74, 6) is 0.153. The number of methoxy groups -OCH3 is 1. The van der Waals surface area contributed by atoms with Crippen molar-refractivity contribution in [2.45, 2.75) is 45.2 Å². The minimum absolute atomic E-state index is 0.0808. The molecule has 1 aliphatic carbocycles. The van der Waals surface area contributed by atoms with E-state index in [1.54, 1.807) is 30.6 Å². The number of rotatable bonds is 13. The average Bonchev–Trinajstić information content (AvgIpc) is 3.54. The smallest absolute Gasteiger partial charge is 0.459 e. The lowest BCUT2D eigenvalue weighted by Crippen LogP contribution is -2.34. The van der Waals surface area contributed by atoms with E-state index in [2.05, 4.69) is 27.0 Å². The monoisotopic (exact) mass is 544 g/mol. The number of nitrogens with zero attached hydrogens (tertiary/aromatic N) is 4. The first-order valence-electron chi connectivity index (χ1n) is 12.5. The number of allylic oxidation sites excluding steroid dienone is 1. The molecule has 2 unspecified atom stereocenters. The van der Waals surface area contributed by atoms with Crippen LogP contribution in [0.2, 0.25) is 0 Å². The Bertz CT molecular complexity index is 1320. The summed E-state index contributed by atoms with van der Waals surface area (Å²) < 4.78 is 37.5. The van der Waals surface area contributed by atoms with Crippen LogP contribution in [-0.2, 0) is 18.6 Å². The molecule has 3 N–H and O–H groups in total. The Morgan fingerprint density at radius 2 is 2.05 bits per heavy atom. The van der Waals surface area contributed by atoms with E-state index in [1.807, 2.05) is 22.8 Å². The summed E-state index contributed by atoms with van der Waals surface area (Å²) in [5.41, 5.74) is 7.07. The van der Waals surface area contributed by atoms with Gasteiger partial charge in [-0.1, -0.05) is 43.7 Å². The molecule has 1 aromatic carbocycles. The van der Waals surface area contributed by atoms with E-state index in [-0.39, 0.29) is 24.5 Å². The van der Waals surface area contributed by atoms with Crippen molar-refractivity contribution < 1.29 is 27.9 Å². The van der Waals surface area contributed by atoms with Gasteiger partial charge in [0.05, 0.1) is 32.7 Å². The number of nitrogen functional groups attached to an aromatic ring is 1. The minimum atomic E-state index is -3.92. The molecule has 4 rings (SSSR count). The van der Waals surface area contributed by atoms with E-state index in [9.17, 15) is 9.36 Å². The van der Waals surface area contributed by atoms with E-state index in [0.29, 0.717) is 35.8 Å². The van der Waals surface area contributed by atoms with Crippen molar-refractivity contribution in [3.8, 4) is 11.6 Å². The molecular weight excluding hydrogens is 511 g/mol. The SMILES string of the molecule is CCCCOc1nc(N)nc2c1ncn2[C@H]1C=C[C@@H](COP(=O)(NC(C)C(=O)OC)Oc2ccccc2)C1. The summed E-state index contributed by atoms with van der Waals surface area (Å²) >= 11 is 0. The molecule has 0 bridgehead atoms. The maximum Gasteiger partial charge on any atom is 0.459 e. The van der Waals surface area contributed by atoms with Crippen LogP contribution in [0.15, 0.2) is 48.8 Å². The number of anilines is 1. The van der Waals surface area contributed by atoms with Crippen LogP contribution >= 0.6 is 7.75 Å². The number of imidazole rings is 1. The predicted molar refractivity (Wildman–Crippen MR) is 142 cm³/mol. The fraction of sp³-hybridized carbons (Fsp3) is 0.440. The zero-order valence-corrected chi connectivity index (χ0v) is 22.5. The van der Waals surface area contributed by atoms with Crippen LogP contribution in [0.25, 0.3) is 11.2 Å². The second kappa shape index (κ2) is 12.4. The van der Waals surface area contributed by atoms with E-state index >= 15 is 0 Å². The van der Waals surface area contributed by atoms with Crippen molar-refractivity contribution in [1.82, 2.24) is 24.6 Å². The number of esters is 1. The molecule has 4 atom stereocenters. The molecule has 2 aromatic heterocycles. The number of nitrogens with two attached hydrogens (primary N) is 1. The summed E-state index contributed by atoms with van der Waals surface area (Å²) in [6, 6.07) is 7.64. The van der Waals surface area contributed by atoms with Crippen LogP contribution in [0, 0.1) is 5.92 Å². The lowest BCUT2D eigenvalue weighted by Gasteiger charge is -2.23. The third-order valence-electron chi connectivity index (χ3n) is 5.98. The molecule has 38 heavy (non-hydrogen) atoms. The highest BCUT2D eigenvalue weighted by atomic mass is 31.2. The molecule has 0 saturated carbocycles. The third kappa shape index (κ3) is 6.69. The number of nitrogens with one attached hydrogen (secondary N) is 1. The molecule has 2 heterocycles. The Hall–Kier alpha value is -3.47. The van der Waals surface area contributed by atoms with Crippen LogP contribution in [-0.4, -0.2) is 51.9 Å². The number of para-hydroxylation sites is 1. The first-order chi connectivity index (χ1) is 18.3. The number of fused-ring (bicyclic) bond motifs is 1. The molecule has 0 fully saturated rings. The average molecular weight is 545 g/mol. The topological polar surface area (TPSA) is 153 Å². The van der Waals surface area contributed by atoms with Gasteiger partial charge in [0.25, 0.3) is 0 Å². The fourth-order valence-electron chi connectivity index (χ4n) is 4.02. The summed E-state index contributed by atoms with van der Waals surface area (Å²) in [5, 5.41) is 2.67. The zero-order valence-electron chi connectivity index (χ0n) is 21.6. The van der Waals surface area contributed by atoms with Crippen molar-refractivity contribution >= 4 is 30.8 Å². The number of ether oxygens (including phenoxy) is 2.